The third-order valence-corrected chi connectivity index (χ3v) is 7.45. The molecular formula is C25H27N3O2S2. The highest BCUT2D eigenvalue weighted by molar-refractivity contribution is 7.10. The Morgan fingerprint density at radius 1 is 1.12 bits per heavy atom. The maximum absolute atomic E-state index is 12.9. The van der Waals surface area contributed by atoms with Crippen LogP contribution in [0.3, 0.4) is 0 Å². The molecule has 0 atom stereocenters. The Hall–Kier alpha value is -2.77. The largest absolute Gasteiger partial charge is 0.352 e. The van der Waals surface area contributed by atoms with Crippen LogP contribution in [-0.4, -0.2) is 41.3 Å². The number of aromatic nitrogens is 1. The Morgan fingerprint density at radius 3 is 2.62 bits per heavy atom. The van der Waals surface area contributed by atoms with Gasteiger partial charge in [0.15, 0.2) is 0 Å². The van der Waals surface area contributed by atoms with Crippen molar-refractivity contribution in [1.29, 1.82) is 0 Å². The molecule has 1 saturated heterocycles. The van der Waals surface area contributed by atoms with E-state index in [0.29, 0.717) is 25.2 Å². The number of hydrogen-bond acceptors (Lipinski definition) is 5. The van der Waals surface area contributed by atoms with Gasteiger partial charge in [0.25, 0.3) is 5.91 Å². The van der Waals surface area contributed by atoms with Crippen molar-refractivity contribution in [3.8, 4) is 0 Å². The highest BCUT2D eigenvalue weighted by Gasteiger charge is 2.27. The second kappa shape index (κ2) is 10.7. The Kier molecular flexibility index (Phi) is 7.50. The predicted molar refractivity (Wildman–Crippen MR) is 131 cm³/mol. The first kappa shape index (κ1) is 22.4. The molecule has 4 rings (SSSR count). The lowest BCUT2D eigenvalue weighted by Crippen LogP contribution is -2.37. The summed E-state index contributed by atoms with van der Waals surface area (Å²) in [5, 5.41) is 7.10. The van der Waals surface area contributed by atoms with E-state index in [0.717, 1.165) is 35.5 Å². The summed E-state index contributed by atoms with van der Waals surface area (Å²) in [5.41, 5.74) is 2.43. The lowest BCUT2D eigenvalue weighted by atomic mass is 9.89. The zero-order chi connectivity index (χ0) is 22.3. The summed E-state index contributed by atoms with van der Waals surface area (Å²) >= 11 is 3.32. The number of nitrogens with one attached hydrogen (secondary N) is 1. The number of pyridine rings is 1. The number of nitrogens with zero attached hydrogens (tertiary/aromatic N) is 2. The van der Waals surface area contributed by atoms with Gasteiger partial charge in [0, 0.05) is 47.1 Å². The molecule has 1 fully saturated rings. The van der Waals surface area contributed by atoms with Crippen molar-refractivity contribution in [3.05, 3.63) is 79.9 Å². The quantitative estimate of drug-likeness (QED) is 0.505. The highest BCUT2D eigenvalue weighted by Crippen LogP contribution is 2.29. The fourth-order valence-electron chi connectivity index (χ4n) is 3.95. The van der Waals surface area contributed by atoms with Gasteiger partial charge in [0.1, 0.15) is 0 Å². The van der Waals surface area contributed by atoms with Gasteiger partial charge in [-0.15, -0.1) is 22.7 Å². The summed E-state index contributed by atoms with van der Waals surface area (Å²) in [5.74, 6) is 0.153. The molecular weight excluding hydrogens is 438 g/mol. The lowest BCUT2D eigenvalue weighted by Gasteiger charge is -2.32. The summed E-state index contributed by atoms with van der Waals surface area (Å²) in [7, 11) is 0. The van der Waals surface area contributed by atoms with E-state index in [-0.39, 0.29) is 17.7 Å². The number of thiophene rings is 2. The molecule has 0 spiro atoms. The summed E-state index contributed by atoms with van der Waals surface area (Å²) in [6.07, 6.45) is 5.98. The topological polar surface area (TPSA) is 62.3 Å². The predicted octanol–water partition coefficient (Wildman–Crippen LogP) is 4.90. The van der Waals surface area contributed by atoms with E-state index in [9.17, 15) is 9.59 Å². The van der Waals surface area contributed by atoms with Gasteiger partial charge in [-0.25, -0.2) is 0 Å². The fraction of sp³-hybridized carbons (Fsp3) is 0.320. The Bertz CT molecular complexity index is 1070. The number of piperidine rings is 1. The van der Waals surface area contributed by atoms with E-state index >= 15 is 0 Å². The van der Waals surface area contributed by atoms with Crippen LogP contribution in [0.5, 0.6) is 0 Å². The number of rotatable bonds is 7. The highest BCUT2D eigenvalue weighted by atomic mass is 32.1. The Balaban J connectivity index is 1.36. The van der Waals surface area contributed by atoms with E-state index in [2.05, 4.69) is 11.4 Å². The minimum absolute atomic E-state index is 0.0422. The van der Waals surface area contributed by atoms with E-state index in [1.54, 1.807) is 28.7 Å². The molecule has 166 valence electrons. The molecule has 1 N–H and O–H groups in total. The van der Waals surface area contributed by atoms with Crippen LogP contribution in [0.4, 0.5) is 0 Å². The van der Waals surface area contributed by atoms with Crippen molar-refractivity contribution in [1.82, 2.24) is 15.2 Å². The Labute approximate surface area is 196 Å². The van der Waals surface area contributed by atoms with E-state index in [4.69, 9.17) is 4.98 Å². The summed E-state index contributed by atoms with van der Waals surface area (Å²) in [6.45, 7) is 3.91. The van der Waals surface area contributed by atoms with Gasteiger partial charge in [0.2, 0.25) is 5.91 Å². The van der Waals surface area contributed by atoms with Crippen LogP contribution in [0.2, 0.25) is 0 Å². The van der Waals surface area contributed by atoms with Gasteiger partial charge >= 0.3 is 0 Å². The molecule has 0 aromatic carbocycles. The van der Waals surface area contributed by atoms with Crippen molar-refractivity contribution < 1.29 is 9.59 Å². The standard InChI is InChI=1S/C25H27N3O2S2/c1-18-6-8-22(25(30)26-13-10-21-5-3-17-32-21)24(27-18)19-11-14-28(15-12-19)23(29)9-7-20-4-2-16-31-20/h2-9,16-17,19H,10-15H2,1H3,(H,26,30)/b9-7+. The monoisotopic (exact) mass is 465 g/mol. The first-order valence-corrected chi connectivity index (χ1v) is 12.6. The summed E-state index contributed by atoms with van der Waals surface area (Å²) < 4.78 is 0. The number of hydrogen-bond donors (Lipinski definition) is 1. The molecule has 0 aliphatic carbocycles. The second-order valence-electron chi connectivity index (χ2n) is 7.92. The van der Waals surface area contributed by atoms with Gasteiger partial charge in [-0.1, -0.05) is 12.1 Å². The molecule has 32 heavy (non-hydrogen) atoms. The molecule has 0 radical (unpaired) electrons. The van der Waals surface area contributed by atoms with Crippen molar-refractivity contribution in [2.45, 2.75) is 32.1 Å². The fourth-order valence-corrected chi connectivity index (χ4v) is 5.27. The van der Waals surface area contributed by atoms with Crippen molar-refractivity contribution in [2.24, 2.45) is 0 Å². The summed E-state index contributed by atoms with van der Waals surface area (Å²) in [4.78, 5) is 34.4. The SMILES string of the molecule is Cc1ccc(C(=O)NCCc2cccs2)c(C2CCN(C(=O)/C=C/c3cccs3)CC2)n1. The molecule has 3 aromatic rings. The van der Waals surface area contributed by atoms with Crippen molar-refractivity contribution in [3.63, 3.8) is 0 Å². The minimum Gasteiger partial charge on any atom is -0.352 e. The maximum Gasteiger partial charge on any atom is 0.253 e. The smallest absolute Gasteiger partial charge is 0.253 e. The maximum atomic E-state index is 12.9. The van der Waals surface area contributed by atoms with Gasteiger partial charge in [-0.3, -0.25) is 14.6 Å². The normalized spacial score (nSPS) is 14.7. The molecule has 3 aromatic heterocycles. The average Bonchev–Trinajstić information content (AvgIpc) is 3.52. The van der Waals surface area contributed by atoms with E-state index in [1.165, 1.54) is 4.88 Å². The van der Waals surface area contributed by atoms with Crippen LogP contribution in [0, 0.1) is 6.92 Å². The number of amides is 2. The zero-order valence-corrected chi connectivity index (χ0v) is 19.8. The second-order valence-corrected chi connectivity index (χ2v) is 9.93. The first-order chi connectivity index (χ1) is 15.6. The zero-order valence-electron chi connectivity index (χ0n) is 18.1. The van der Waals surface area contributed by atoms with E-state index < -0.39 is 0 Å². The van der Waals surface area contributed by atoms with Crippen LogP contribution >= 0.6 is 22.7 Å². The van der Waals surface area contributed by atoms with Crippen LogP contribution < -0.4 is 5.32 Å². The molecule has 1 aliphatic heterocycles. The minimum atomic E-state index is -0.0681. The van der Waals surface area contributed by atoms with Gasteiger partial charge in [-0.05, 0) is 67.3 Å². The third kappa shape index (κ3) is 5.72. The lowest BCUT2D eigenvalue weighted by molar-refractivity contribution is -0.127. The molecule has 1 aliphatic rings. The molecule has 0 bridgehead atoms. The molecule has 2 amide bonds. The van der Waals surface area contributed by atoms with Gasteiger partial charge < -0.3 is 10.2 Å². The third-order valence-electron chi connectivity index (χ3n) is 5.67. The number of carbonyl (C=O) groups is 2. The van der Waals surface area contributed by atoms with Crippen LogP contribution in [0.15, 0.2) is 53.2 Å². The summed E-state index contributed by atoms with van der Waals surface area (Å²) in [6, 6.07) is 11.9. The van der Waals surface area contributed by atoms with Crippen LogP contribution in [0.25, 0.3) is 6.08 Å². The first-order valence-electron chi connectivity index (χ1n) is 10.9. The molecule has 0 saturated carbocycles. The van der Waals surface area contributed by atoms with Crippen LogP contribution in [0.1, 0.15) is 50.3 Å². The van der Waals surface area contributed by atoms with Gasteiger partial charge in [0.05, 0.1) is 11.3 Å². The average molecular weight is 466 g/mol. The Morgan fingerprint density at radius 2 is 1.91 bits per heavy atom. The number of aryl methyl sites for hydroxylation is 1. The molecule has 0 unspecified atom stereocenters. The van der Waals surface area contributed by atoms with Crippen molar-refractivity contribution in [2.75, 3.05) is 19.6 Å². The molecule has 4 heterocycles. The van der Waals surface area contributed by atoms with E-state index in [1.807, 2.05) is 59.0 Å². The molecule has 7 heteroatoms. The van der Waals surface area contributed by atoms with Gasteiger partial charge in [-0.2, -0.15) is 0 Å². The number of likely N-dealkylation sites (tertiary alicyclic amines) is 1. The number of carbonyl (C=O) groups excluding carboxylic acids is 2. The van der Waals surface area contributed by atoms with Crippen molar-refractivity contribution >= 4 is 40.6 Å². The molecule has 5 nitrogen and oxygen atoms in total. The van der Waals surface area contributed by atoms with Crippen LogP contribution in [-0.2, 0) is 11.2 Å².